The maximum absolute atomic E-state index is 13.9. The van der Waals surface area contributed by atoms with Crippen LogP contribution >= 0.6 is 11.6 Å². The monoisotopic (exact) mass is 555 g/mol. The molecule has 0 aromatic heterocycles. The average molecular weight is 556 g/mol. The topological polar surface area (TPSA) is 86.8 Å². The van der Waals surface area contributed by atoms with Gasteiger partial charge in [-0.2, -0.15) is 0 Å². The number of benzene rings is 3. The minimum Gasteiger partial charge on any atom is -0.350 e. The van der Waals surface area contributed by atoms with Crippen molar-refractivity contribution >= 4 is 39.1 Å². The van der Waals surface area contributed by atoms with Gasteiger partial charge in [0.25, 0.3) is 10.0 Å². The molecule has 3 rings (SSSR count). The van der Waals surface area contributed by atoms with Crippen LogP contribution in [0.25, 0.3) is 0 Å². The van der Waals surface area contributed by atoms with Crippen LogP contribution in [0, 0.1) is 6.92 Å². The van der Waals surface area contributed by atoms with Gasteiger partial charge in [-0.05, 0) is 70.5 Å². The normalized spacial score (nSPS) is 12.5. The fourth-order valence-electron chi connectivity index (χ4n) is 3.83. The summed E-state index contributed by atoms with van der Waals surface area (Å²) in [7, 11) is -4.09. The highest BCUT2D eigenvalue weighted by molar-refractivity contribution is 7.92. The summed E-state index contributed by atoms with van der Waals surface area (Å²) in [4.78, 5) is 28.4. The maximum Gasteiger partial charge on any atom is 0.264 e. The molecule has 0 unspecified atom stereocenters. The first kappa shape index (κ1) is 29.2. The second-order valence-electron chi connectivity index (χ2n) is 10.2. The lowest BCUT2D eigenvalue weighted by Gasteiger charge is -2.33. The minimum atomic E-state index is -4.09. The van der Waals surface area contributed by atoms with E-state index in [1.807, 2.05) is 27.7 Å². The summed E-state index contributed by atoms with van der Waals surface area (Å²) >= 11 is 6.39. The summed E-state index contributed by atoms with van der Waals surface area (Å²) in [6, 6.07) is 21.0. The van der Waals surface area contributed by atoms with Gasteiger partial charge in [0.1, 0.15) is 12.6 Å². The molecule has 0 fully saturated rings. The second-order valence-corrected chi connectivity index (χ2v) is 12.5. The van der Waals surface area contributed by atoms with E-state index in [-0.39, 0.29) is 17.3 Å². The van der Waals surface area contributed by atoms with Crippen LogP contribution in [0.15, 0.2) is 83.8 Å². The number of carbonyl (C=O) groups excluding carboxylic acids is 2. The Morgan fingerprint density at radius 3 is 2.08 bits per heavy atom. The molecule has 0 heterocycles. The first-order valence-corrected chi connectivity index (χ1v) is 14.1. The van der Waals surface area contributed by atoms with Gasteiger partial charge in [0.15, 0.2) is 0 Å². The SMILES string of the molecule is Cc1ccc(N(CC(=O)N(Cc2ccccc2Cl)[C@@H](C)C(=O)NC(C)(C)C)S(=O)(=O)c2ccccc2)cc1. The summed E-state index contributed by atoms with van der Waals surface area (Å²) in [5.41, 5.74) is 1.42. The van der Waals surface area contributed by atoms with Crippen molar-refractivity contribution in [3.05, 3.63) is 95.0 Å². The highest BCUT2D eigenvalue weighted by atomic mass is 35.5. The quantitative estimate of drug-likeness (QED) is 0.394. The maximum atomic E-state index is 13.9. The summed E-state index contributed by atoms with van der Waals surface area (Å²) < 4.78 is 28.6. The molecule has 0 aliphatic carbocycles. The lowest BCUT2D eigenvalue weighted by atomic mass is 10.1. The Bertz CT molecular complexity index is 1370. The smallest absolute Gasteiger partial charge is 0.264 e. The van der Waals surface area contributed by atoms with Gasteiger partial charge in [-0.25, -0.2) is 8.42 Å². The lowest BCUT2D eigenvalue weighted by Crippen LogP contribution is -2.54. The molecule has 0 radical (unpaired) electrons. The number of hydrogen-bond acceptors (Lipinski definition) is 4. The van der Waals surface area contributed by atoms with Crippen molar-refractivity contribution in [3.63, 3.8) is 0 Å². The van der Waals surface area contributed by atoms with Gasteiger partial charge in [-0.15, -0.1) is 0 Å². The number of sulfonamides is 1. The van der Waals surface area contributed by atoms with Crippen molar-refractivity contribution < 1.29 is 18.0 Å². The number of halogens is 1. The van der Waals surface area contributed by atoms with Crippen LogP contribution in [0.2, 0.25) is 5.02 Å². The van der Waals surface area contributed by atoms with E-state index >= 15 is 0 Å². The van der Waals surface area contributed by atoms with Crippen LogP contribution in [0.1, 0.15) is 38.8 Å². The van der Waals surface area contributed by atoms with E-state index in [2.05, 4.69) is 5.32 Å². The third-order valence-corrected chi connectivity index (χ3v) is 8.05. The molecule has 1 atom stereocenters. The number of hydrogen-bond donors (Lipinski definition) is 1. The second kappa shape index (κ2) is 12.0. The molecular weight excluding hydrogens is 522 g/mol. The molecule has 0 saturated heterocycles. The predicted molar refractivity (Wildman–Crippen MR) is 152 cm³/mol. The highest BCUT2D eigenvalue weighted by Gasteiger charge is 2.33. The first-order chi connectivity index (χ1) is 17.8. The summed E-state index contributed by atoms with van der Waals surface area (Å²) in [6.07, 6.45) is 0. The summed E-state index contributed by atoms with van der Waals surface area (Å²) in [5, 5.41) is 3.35. The Balaban J connectivity index is 2.03. The van der Waals surface area contributed by atoms with E-state index in [1.54, 1.807) is 73.7 Å². The molecular formula is C29H34ClN3O4S. The van der Waals surface area contributed by atoms with E-state index < -0.39 is 34.1 Å². The minimum absolute atomic E-state index is 0.0321. The number of anilines is 1. The van der Waals surface area contributed by atoms with Gasteiger partial charge in [0.2, 0.25) is 11.8 Å². The fraction of sp³-hybridized carbons (Fsp3) is 0.310. The van der Waals surface area contributed by atoms with Crippen LogP contribution in [0.4, 0.5) is 5.69 Å². The Morgan fingerprint density at radius 2 is 1.50 bits per heavy atom. The first-order valence-electron chi connectivity index (χ1n) is 12.3. The molecule has 9 heteroatoms. The summed E-state index contributed by atoms with van der Waals surface area (Å²) in [6.45, 7) is 8.60. The van der Waals surface area contributed by atoms with E-state index in [9.17, 15) is 18.0 Å². The molecule has 2 amide bonds. The van der Waals surface area contributed by atoms with Crippen molar-refractivity contribution in [3.8, 4) is 0 Å². The Morgan fingerprint density at radius 1 is 0.921 bits per heavy atom. The van der Waals surface area contributed by atoms with Crippen LogP contribution in [0.3, 0.4) is 0 Å². The van der Waals surface area contributed by atoms with Gasteiger partial charge in [0, 0.05) is 17.1 Å². The predicted octanol–water partition coefficient (Wildman–Crippen LogP) is 5.18. The molecule has 0 spiro atoms. The number of nitrogens with one attached hydrogen (secondary N) is 1. The van der Waals surface area contributed by atoms with E-state index in [1.165, 1.54) is 17.0 Å². The van der Waals surface area contributed by atoms with Gasteiger partial charge < -0.3 is 10.2 Å². The number of carbonyl (C=O) groups is 2. The average Bonchev–Trinajstić information content (AvgIpc) is 2.86. The molecule has 38 heavy (non-hydrogen) atoms. The molecule has 202 valence electrons. The van der Waals surface area contributed by atoms with Gasteiger partial charge in [-0.1, -0.05) is 65.7 Å². The highest BCUT2D eigenvalue weighted by Crippen LogP contribution is 2.25. The van der Waals surface area contributed by atoms with E-state index in [0.29, 0.717) is 16.3 Å². The third kappa shape index (κ3) is 7.36. The fourth-order valence-corrected chi connectivity index (χ4v) is 5.46. The van der Waals surface area contributed by atoms with Crippen LogP contribution in [-0.2, 0) is 26.2 Å². The summed E-state index contributed by atoms with van der Waals surface area (Å²) in [5.74, 6) is -0.896. The van der Waals surface area contributed by atoms with Crippen LogP contribution < -0.4 is 9.62 Å². The third-order valence-electron chi connectivity index (χ3n) is 5.90. The van der Waals surface area contributed by atoms with Crippen LogP contribution in [0.5, 0.6) is 0 Å². The number of amides is 2. The molecule has 0 bridgehead atoms. The van der Waals surface area contributed by atoms with E-state index in [0.717, 1.165) is 9.87 Å². The van der Waals surface area contributed by atoms with Crippen molar-refractivity contribution in [1.82, 2.24) is 10.2 Å². The standard InChI is InChI=1S/C29H34ClN3O4S/c1-21-15-17-24(18-16-21)33(38(36,37)25-12-7-6-8-13-25)20-27(34)32(19-23-11-9-10-14-26(23)30)22(2)28(35)31-29(3,4)5/h6-18,22H,19-20H2,1-5H3,(H,31,35)/t22-/m0/s1. The van der Waals surface area contributed by atoms with Gasteiger partial charge in [-0.3, -0.25) is 13.9 Å². The Kier molecular flexibility index (Phi) is 9.22. The van der Waals surface area contributed by atoms with Crippen molar-refractivity contribution in [1.29, 1.82) is 0 Å². The Hall–Kier alpha value is -3.36. The zero-order valence-electron chi connectivity index (χ0n) is 22.3. The van der Waals surface area contributed by atoms with Crippen molar-refractivity contribution in [2.24, 2.45) is 0 Å². The van der Waals surface area contributed by atoms with Gasteiger partial charge >= 0.3 is 0 Å². The van der Waals surface area contributed by atoms with Crippen molar-refractivity contribution in [2.75, 3.05) is 10.8 Å². The zero-order valence-corrected chi connectivity index (χ0v) is 23.9. The van der Waals surface area contributed by atoms with Crippen molar-refractivity contribution in [2.45, 2.75) is 57.6 Å². The number of nitrogens with zero attached hydrogens (tertiary/aromatic N) is 2. The molecule has 0 aliphatic rings. The molecule has 7 nitrogen and oxygen atoms in total. The zero-order chi connectivity index (χ0) is 28.1. The van der Waals surface area contributed by atoms with Crippen LogP contribution in [-0.4, -0.2) is 43.3 Å². The van der Waals surface area contributed by atoms with Gasteiger partial charge in [0.05, 0.1) is 10.6 Å². The molecule has 0 aliphatic heterocycles. The molecule has 0 saturated carbocycles. The lowest BCUT2D eigenvalue weighted by molar-refractivity contribution is -0.140. The number of rotatable bonds is 9. The molecule has 3 aromatic rings. The molecule has 1 N–H and O–H groups in total. The largest absolute Gasteiger partial charge is 0.350 e. The van der Waals surface area contributed by atoms with E-state index in [4.69, 9.17) is 11.6 Å². The number of aryl methyl sites for hydroxylation is 1. The molecule has 3 aromatic carbocycles. The Labute approximate surface area is 230 Å².